The van der Waals surface area contributed by atoms with Crippen LogP contribution in [0.25, 0.3) is 33.4 Å². The van der Waals surface area contributed by atoms with Crippen molar-refractivity contribution in [3.05, 3.63) is 200 Å². The molecule has 0 amide bonds. The fraction of sp³-hybridized carbons (Fsp3) is 0.0769. The zero-order valence-electron chi connectivity index (χ0n) is 31.3. The lowest BCUT2D eigenvalue weighted by molar-refractivity contribution is 0.590. The largest absolute Gasteiger partial charge is 0.308 e. The fourth-order valence-corrected chi connectivity index (χ4v) is 13.7. The summed E-state index contributed by atoms with van der Waals surface area (Å²) < 4.78 is 0. The van der Waals surface area contributed by atoms with Crippen molar-refractivity contribution in [1.29, 1.82) is 0 Å². The maximum absolute atomic E-state index is 2.62. The molecule has 2 atom stereocenters. The highest BCUT2D eigenvalue weighted by Gasteiger charge is 2.41. The van der Waals surface area contributed by atoms with Gasteiger partial charge in [-0.2, -0.15) is 0 Å². The SMILES string of the molecule is CC(C)(C)c1ccc(-c2cc3c4c(c2)P(c2ccccc2)c2cc(-c5ccccc5)ccc2N4c2ccc(-c4ccccc4)cc2P3c2ccccc2)cc1. The van der Waals surface area contributed by atoms with E-state index in [0.717, 1.165) is 0 Å². The van der Waals surface area contributed by atoms with Gasteiger partial charge in [-0.1, -0.05) is 178 Å². The van der Waals surface area contributed by atoms with Crippen LogP contribution in [0, 0.1) is 0 Å². The Morgan fingerprint density at radius 1 is 0.345 bits per heavy atom. The van der Waals surface area contributed by atoms with E-state index < -0.39 is 15.8 Å². The highest BCUT2D eigenvalue weighted by molar-refractivity contribution is 7.82. The van der Waals surface area contributed by atoms with Gasteiger partial charge < -0.3 is 4.90 Å². The molecule has 0 aromatic heterocycles. The average Bonchev–Trinajstić information content (AvgIpc) is 3.24. The van der Waals surface area contributed by atoms with E-state index in [1.54, 1.807) is 0 Å². The van der Waals surface area contributed by atoms with Crippen molar-refractivity contribution in [2.75, 3.05) is 4.90 Å². The van der Waals surface area contributed by atoms with Crippen molar-refractivity contribution in [2.45, 2.75) is 26.2 Å². The molecule has 1 nitrogen and oxygen atoms in total. The van der Waals surface area contributed by atoms with Gasteiger partial charge in [0.05, 0.1) is 17.1 Å². The maximum Gasteiger partial charge on any atom is 0.0629 e. The summed E-state index contributed by atoms with van der Waals surface area (Å²) in [5, 5.41) is 8.39. The summed E-state index contributed by atoms with van der Waals surface area (Å²) in [6.45, 7) is 6.88. The Kier molecular flexibility index (Phi) is 8.41. The lowest BCUT2D eigenvalue weighted by Crippen LogP contribution is -2.43. The minimum Gasteiger partial charge on any atom is -0.308 e. The summed E-state index contributed by atoms with van der Waals surface area (Å²) in [6, 6.07) is 73.1. The number of benzene rings is 8. The molecule has 8 aromatic rings. The highest BCUT2D eigenvalue weighted by atomic mass is 31.1. The molecule has 0 fully saturated rings. The second-order valence-corrected chi connectivity index (χ2v) is 19.8. The standard InChI is InChI=1S/C52H41NP2/c1-52(2,3)42-28-24-38(25-29-42)41-34-49-51-50(35-41)55(44-22-14-7-15-23-44)48-33-40(37-18-10-5-11-19-37)27-31-46(48)53(51)45-30-26-39(36-16-8-4-9-17-36)32-47(45)54(49)43-20-12-6-13-21-43/h4-35H,1-3H3. The Labute approximate surface area is 327 Å². The molecule has 10 rings (SSSR count). The van der Waals surface area contributed by atoms with Gasteiger partial charge in [-0.3, -0.25) is 0 Å². The molecule has 0 saturated carbocycles. The summed E-state index contributed by atoms with van der Waals surface area (Å²) in [6.07, 6.45) is 0. The van der Waals surface area contributed by atoms with Gasteiger partial charge in [0.15, 0.2) is 0 Å². The van der Waals surface area contributed by atoms with Crippen LogP contribution in [0.1, 0.15) is 26.3 Å². The van der Waals surface area contributed by atoms with E-state index >= 15 is 0 Å². The first-order chi connectivity index (χ1) is 26.9. The number of rotatable bonds is 5. The number of nitrogens with zero attached hydrogens (tertiary/aromatic N) is 1. The molecule has 0 spiro atoms. The van der Waals surface area contributed by atoms with Crippen LogP contribution in [0.3, 0.4) is 0 Å². The van der Waals surface area contributed by atoms with Crippen molar-refractivity contribution in [3.8, 4) is 33.4 Å². The average molecular weight is 742 g/mol. The second kappa shape index (κ2) is 13.6. The molecule has 264 valence electrons. The van der Waals surface area contributed by atoms with E-state index in [2.05, 4.69) is 220 Å². The van der Waals surface area contributed by atoms with E-state index in [1.165, 1.54) is 87.8 Å². The van der Waals surface area contributed by atoms with Crippen LogP contribution in [-0.4, -0.2) is 0 Å². The maximum atomic E-state index is 2.62. The Hall–Kier alpha value is -5.58. The molecule has 2 aliphatic heterocycles. The van der Waals surface area contributed by atoms with Crippen LogP contribution < -0.4 is 36.7 Å². The molecule has 0 aliphatic carbocycles. The van der Waals surface area contributed by atoms with Crippen molar-refractivity contribution >= 4 is 64.7 Å². The van der Waals surface area contributed by atoms with Crippen LogP contribution in [0.4, 0.5) is 17.1 Å². The van der Waals surface area contributed by atoms with Gasteiger partial charge in [0.25, 0.3) is 0 Å². The minimum absolute atomic E-state index is 0.0878. The number of anilines is 3. The van der Waals surface area contributed by atoms with Gasteiger partial charge in [-0.05, 0) is 107 Å². The molecule has 0 bridgehead atoms. The molecular formula is C52H41NP2. The third-order valence-corrected chi connectivity index (χ3v) is 16.0. The fourth-order valence-electron chi connectivity index (χ4n) is 8.25. The van der Waals surface area contributed by atoms with Crippen LogP contribution in [0.2, 0.25) is 0 Å². The summed E-state index contributed by atoms with van der Waals surface area (Å²) in [4.78, 5) is 2.62. The quantitative estimate of drug-likeness (QED) is 0.159. The zero-order valence-corrected chi connectivity index (χ0v) is 33.1. The van der Waals surface area contributed by atoms with E-state index in [1.807, 2.05) is 0 Å². The number of hydrogen-bond donors (Lipinski definition) is 0. The topological polar surface area (TPSA) is 3.24 Å². The van der Waals surface area contributed by atoms with Gasteiger partial charge >= 0.3 is 0 Å². The van der Waals surface area contributed by atoms with Crippen LogP contribution in [-0.2, 0) is 5.41 Å². The van der Waals surface area contributed by atoms with Gasteiger partial charge in [-0.25, -0.2) is 0 Å². The van der Waals surface area contributed by atoms with E-state index in [0.29, 0.717) is 0 Å². The first kappa shape index (κ1) is 33.9. The first-order valence-corrected chi connectivity index (χ1v) is 21.8. The van der Waals surface area contributed by atoms with Gasteiger partial charge in [0, 0.05) is 21.2 Å². The minimum atomic E-state index is -0.902. The van der Waals surface area contributed by atoms with Crippen LogP contribution in [0.5, 0.6) is 0 Å². The summed E-state index contributed by atoms with van der Waals surface area (Å²) in [5.41, 5.74) is 12.9. The third-order valence-electron chi connectivity index (χ3n) is 11.0. The van der Waals surface area contributed by atoms with Crippen LogP contribution >= 0.6 is 15.8 Å². The molecular weight excluding hydrogens is 701 g/mol. The van der Waals surface area contributed by atoms with Gasteiger partial charge in [0.1, 0.15) is 0 Å². The third kappa shape index (κ3) is 5.95. The molecule has 2 heterocycles. The molecule has 0 radical (unpaired) electrons. The molecule has 3 heteroatoms. The molecule has 55 heavy (non-hydrogen) atoms. The molecule has 2 unspecified atom stereocenters. The molecule has 0 N–H and O–H groups in total. The van der Waals surface area contributed by atoms with Crippen molar-refractivity contribution in [3.63, 3.8) is 0 Å². The second-order valence-electron chi connectivity index (χ2n) is 15.5. The Morgan fingerprint density at radius 2 is 0.709 bits per heavy atom. The Balaban J connectivity index is 1.30. The Morgan fingerprint density at radius 3 is 1.13 bits per heavy atom. The summed E-state index contributed by atoms with van der Waals surface area (Å²) >= 11 is 0. The normalized spacial score (nSPS) is 15.5. The Bertz CT molecular complexity index is 2510. The monoisotopic (exact) mass is 741 g/mol. The lowest BCUT2D eigenvalue weighted by atomic mass is 9.86. The van der Waals surface area contributed by atoms with Crippen LogP contribution in [0.15, 0.2) is 194 Å². The summed E-state index contributed by atoms with van der Waals surface area (Å²) in [7, 11) is -1.80. The van der Waals surface area contributed by atoms with Crippen molar-refractivity contribution < 1.29 is 0 Å². The van der Waals surface area contributed by atoms with E-state index in [4.69, 9.17) is 0 Å². The predicted molar refractivity (Wildman–Crippen MR) is 241 cm³/mol. The summed E-state index contributed by atoms with van der Waals surface area (Å²) in [5.74, 6) is 0. The number of fused-ring (bicyclic) bond motifs is 4. The van der Waals surface area contributed by atoms with Gasteiger partial charge in [-0.15, -0.1) is 0 Å². The molecule has 8 aromatic carbocycles. The molecule has 0 saturated heterocycles. The van der Waals surface area contributed by atoms with E-state index in [-0.39, 0.29) is 5.41 Å². The van der Waals surface area contributed by atoms with Crippen molar-refractivity contribution in [2.24, 2.45) is 0 Å². The zero-order chi connectivity index (χ0) is 37.1. The predicted octanol–water partition coefficient (Wildman–Crippen LogP) is 11.6. The van der Waals surface area contributed by atoms with Gasteiger partial charge in [0.2, 0.25) is 0 Å². The lowest BCUT2D eigenvalue weighted by Gasteiger charge is -2.45. The number of hydrogen-bond acceptors (Lipinski definition) is 1. The first-order valence-electron chi connectivity index (χ1n) is 19.1. The smallest absolute Gasteiger partial charge is 0.0629 e. The van der Waals surface area contributed by atoms with E-state index in [9.17, 15) is 0 Å². The van der Waals surface area contributed by atoms with Crippen molar-refractivity contribution in [1.82, 2.24) is 0 Å². The molecule has 2 aliphatic rings. The highest BCUT2D eigenvalue weighted by Crippen LogP contribution is 2.56.